The van der Waals surface area contributed by atoms with E-state index in [9.17, 15) is 19.8 Å². The number of rotatable bonds is 5. The first-order valence-corrected chi connectivity index (χ1v) is 7.26. The predicted octanol–water partition coefficient (Wildman–Crippen LogP) is 1.99. The number of hydrogen-bond acceptors (Lipinski definition) is 6. The Balaban J connectivity index is 2.80. The van der Waals surface area contributed by atoms with Crippen LogP contribution in [-0.2, 0) is 14.3 Å². The first kappa shape index (κ1) is 18.9. The number of nitrogens with one attached hydrogen (secondary N) is 1. The summed E-state index contributed by atoms with van der Waals surface area (Å²) in [4.78, 5) is 23.2. The minimum Gasteiger partial charge on any atom is -0.464 e. The van der Waals surface area contributed by atoms with E-state index >= 15 is 0 Å². The van der Waals surface area contributed by atoms with Crippen molar-refractivity contribution >= 4 is 17.7 Å². The molecule has 2 unspecified atom stereocenters. The number of anilines is 1. The molecule has 1 amide bonds. The van der Waals surface area contributed by atoms with Crippen LogP contribution in [0.5, 0.6) is 0 Å². The number of esters is 1. The number of amides is 1. The van der Waals surface area contributed by atoms with Crippen molar-refractivity contribution < 1.29 is 29.3 Å². The monoisotopic (exact) mass is 325 g/mol. The first-order valence-electron chi connectivity index (χ1n) is 7.26. The number of ether oxygens (including phenoxy) is 2. The SMILES string of the molecule is CCOC(=O)C(O)C(O)c1cccc(NC(=O)OC(C)(C)C)c1. The van der Waals surface area contributed by atoms with Crippen LogP contribution in [0.4, 0.5) is 10.5 Å². The Morgan fingerprint density at radius 2 is 1.91 bits per heavy atom. The quantitative estimate of drug-likeness (QED) is 0.715. The van der Waals surface area contributed by atoms with Gasteiger partial charge in [0.15, 0.2) is 6.10 Å². The molecule has 23 heavy (non-hydrogen) atoms. The van der Waals surface area contributed by atoms with Crippen LogP contribution < -0.4 is 5.32 Å². The van der Waals surface area contributed by atoms with Gasteiger partial charge in [-0.15, -0.1) is 0 Å². The van der Waals surface area contributed by atoms with Crippen LogP contribution in [0.15, 0.2) is 24.3 Å². The average molecular weight is 325 g/mol. The van der Waals surface area contributed by atoms with Gasteiger partial charge in [-0.1, -0.05) is 12.1 Å². The van der Waals surface area contributed by atoms with Crippen LogP contribution in [0.25, 0.3) is 0 Å². The second-order valence-corrected chi connectivity index (χ2v) is 5.89. The van der Waals surface area contributed by atoms with Gasteiger partial charge < -0.3 is 19.7 Å². The fraction of sp³-hybridized carbons (Fsp3) is 0.500. The fourth-order valence-electron chi connectivity index (χ4n) is 1.76. The van der Waals surface area contributed by atoms with E-state index in [4.69, 9.17) is 4.74 Å². The molecule has 0 aromatic heterocycles. The largest absolute Gasteiger partial charge is 0.464 e. The Labute approximate surface area is 135 Å². The number of carbonyl (C=O) groups excluding carboxylic acids is 2. The van der Waals surface area contributed by atoms with E-state index < -0.39 is 29.9 Å². The van der Waals surface area contributed by atoms with E-state index in [-0.39, 0.29) is 12.2 Å². The van der Waals surface area contributed by atoms with Gasteiger partial charge in [-0.3, -0.25) is 5.32 Å². The predicted molar refractivity (Wildman–Crippen MR) is 83.9 cm³/mol. The lowest BCUT2D eigenvalue weighted by molar-refractivity contribution is -0.159. The highest BCUT2D eigenvalue weighted by atomic mass is 16.6. The molecule has 0 bridgehead atoms. The minimum absolute atomic E-state index is 0.100. The summed E-state index contributed by atoms with van der Waals surface area (Å²) in [5, 5.41) is 22.3. The van der Waals surface area contributed by atoms with Crippen molar-refractivity contribution in [2.75, 3.05) is 11.9 Å². The summed E-state index contributed by atoms with van der Waals surface area (Å²) in [5.41, 5.74) is -0.00706. The lowest BCUT2D eigenvalue weighted by Gasteiger charge is -2.20. The van der Waals surface area contributed by atoms with Crippen molar-refractivity contribution in [3.8, 4) is 0 Å². The van der Waals surface area contributed by atoms with E-state index in [2.05, 4.69) is 10.1 Å². The molecule has 7 nitrogen and oxygen atoms in total. The summed E-state index contributed by atoms with van der Waals surface area (Å²) in [6, 6.07) is 6.13. The number of aliphatic hydroxyl groups is 2. The Bertz CT molecular complexity index is 552. The van der Waals surface area contributed by atoms with E-state index in [1.54, 1.807) is 39.8 Å². The molecule has 0 heterocycles. The summed E-state index contributed by atoms with van der Waals surface area (Å²) >= 11 is 0. The molecule has 3 N–H and O–H groups in total. The van der Waals surface area contributed by atoms with Crippen molar-refractivity contribution in [1.29, 1.82) is 0 Å². The second kappa shape index (κ2) is 7.94. The first-order chi connectivity index (χ1) is 10.6. The summed E-state index contributed by atoms with van der Waals surface area (Å²) in [6.45, 7) is 6.92. The summed E-state index contributed by atoms with van der Waals surface area (Å²) in [6.07, 6.45) is -3.81. The van der Waals surface area contributed by atoms with Gasteiger partial charge in [0, 0.05) is 5.69 Å². The Morgan fingerprint density at radius 3 is 2.48 bits per heavy atom. The maximum Gasteiger partial charge on any atom is 0.412 e. The van der Waals surface area contributed by atoms with Crippen LogP contribution in [0.2, 0.25) is 0 Å². The van der Waals surface area contributed by atoms with Gasteiger partial charge >= 0.3 is 12.1 Å². The van der Waals surface area contributed by atoms with Crippen molar-refractivity contribution in [1.82, 2.24) is 0 Å². The molecule has 0 spiro atoms. The number of hydrogen-bond donors (Lipinski definition) is 3. The van der Waals surface area contributed by atoms with Crippen LogP contribution in [0.3, 0.4) is 0 Å². The molecule has 0 aliphatic heterocycles. The summed E-state index contributed by atoms with van der Waals surface area (Å²) < 4.78 is 9.78. The third kappa shape index (κ3) is 6.25. The van der Waals surface area contributed by atoms with Gasteiger partial charge in [0.05, 0.1) is 6.61 Å². The van der Waals surface area contributed by atoms with Gasteiger partial charge in [0.25, 0.3) is 0 Å². The molecule has 7 heteroatoms. The molecular weight excluding hydrogens is 302 g/mol. The Kier molecular flexibility index (Phi) is 6.53. The smallest absolute Gasteiger partial charge is 0.412 e. The zero-order chi connectivity index (χ0) is 17.6. The van der Waals surface area contributed by atoms with Gasteiger partial charge in [0.2, 0.25) is 0 Å². The molecule has 0 saturated heterocycles. The molecule has 128 valence electrons. The standard InChI is InChI=1S/C16H23NO6/c1-5-22-14(20)13(19)12(18)10-7-6-8-11(9-10)17-15(21)23-16(2,3)4/h6-9,12-13,18-19H,5H2,1-4H3,(H,17,21). The van der Waals surface area contributed by atoms with Crippen LogP contribution >= 0.6 is 0 Å². The molecular formula is C16H23NO6. The van der Waals surface area contributed by atoms with Crippen LogP contribution in [-0.4, -0.2) is 40.6 Å². The van der Waals surface area contributed by atoms with E-state index in [0.717, 1.165) is 0 Å². The lowest BCUT2D eigenvalue weighted by Crippen LogP contribution is -2.30. The molecule has 0 aliphatic rings. The third-order valence-corrected chi connectivity index (χ3v) is 2.70. The van der Waals surface area contributed by atoms with Crippen molar-refractivity contribution in [2.45, 2.75) is 45.5 Å². The topological polar surface area (TPSA) is 105 Å². The van der Waals surface area contributed by atoms with Gasteiger partial charge in [0.1, 0.15) is 11.7 Å². The highest BCUT2D eigenvalue weighted by molar-refractivity contribution is 5.85. The number of aliphatic hydroxyl groups excluding tert-OH is 2. The van der Waals surface area contributed by atoms with Crippen molar-refractivity contribution in [3.63, 3.8) is 0 Å². The Hall–Kier alpha value is -2.12. The van der Waals surface area contributed by atoms with E-state index in [0.29, 0.717) is 5.69 Å². The molecule has 1 aromatic carbocycles. The van der Waals surface area contributed by atoms with Crippen LogP contribution in [0.1, 0.15) is 39.4 Å². The molecule has 1 rings (SSSR count). The highest BCUT2D eigenvalue weighted by Crippen LogP contribution is 2.22. The van der Waals surface area contributed by atoms with E-state index in [1.807, 2.05) is 0 Å². The van der Waals surface area contributed by atoms with Gasteiger partial charge in [-0.05, 0) is 45.4 Å². The number of benzene rings is 1. The zero-order valence-corrected chi connectivity index (χ0v) is 13.7. The normalized spacial score (nSPS) is 13.8. The van der Waals surface area contributed by atoms with Gasteiger partial charge in [-0.2, -0.15) is 0 Å². The molecule has 0 aliphatic carbocycles. The van der Waals surface area contributed by atoms with Gasteiger partial charge in [-0.25, -0.2) is 9.59 Å². The third-order valence-electron chi connectivity index (χ3n) is 2.70. The minimum atomic E-state index is -1.70. The second-order valence-electron chi connectivity index (χ2n) is 5.89. The highest BCUT2D eigenvalue weighted by Gasteiger charge is 2.27. The molecule has 0 radical (unpaired) electrons. The van der Waals surface area contributed by atoms with Crippen LogP contribution in [0, 0.1) is 0 Å². The van der Waals surface area contributed by atoms with Crippen molar-refractivity contribution in [2.24, 2.45) is 0 Å². The summed E-state index contributed by atoms with van der Waals surface area (Å²) in [5.74, 6) is -0.912. The molecule has 0 fully saturated rings. The average Bonchev–Trinajstić information content (AvgIpc) is 2.44. The van der Waals surface area contributed by atoms with E-state index in [1.165, 1.54) is 12.1 Å². The molecule has 1 aromatic rings. The lowest BCUT2D eigenvalue weighted by atomic mass is 10.0. The molecule has 0 saturated carbocycles. The van der Waals surface area contributed by atoms with Crippen molar-refractivity contribution in [3.05, 3.63) is 29.8 Å². The maximum absolute atomic E-state index is 11.7. The summed E-state index contributed by atoms with van der Waals surface area (Å²) in [7, 11) is 0. The maximum atomic E-state index is 11.7. The Morgan fingerprint density at radius 1 is 1.26 bits per heavy atom. The molecule has 2 atom stereocenters. The zero-order valence-electron chi connectivity index (χ0n) is 13.7. The number of carbonyl (C=O) groups is 2. The fourth-order valence-corrected chi connectivity index (χ4v) is 1.76.